The normalized spacial score (nSPS) is 13.8. The second-order valence-corrected chi connectivity index (χ2v) is 5.28. The van der Waals surface area contributed by atoms with Crippen molar-refractivity contribution in [1.29, 1.82) is 0 Å². The molecule has 0 bridgehead atoms. The van der Waals surface area contributed by atoms with E-state index in [9.17, 15) is 0 Å². The zero-order chi connectivity index (χ0) is 9.83. The zero-order valence-electron chi connectivity index (χ0n) is 9.14. The first-order chi connectivity index (χ1) is 5.21. The molecule has 0 aliphatic heterocycles. The second-order valence-electron chi connectivity index (χ2n) is 5.28. The number of aliphatic imine (C=N–C) groups is 1. The first-order valence-electron chi connectivity index (χ1n) is 4.36. The molecule has 0 saturated carbocycles. The molecular formula is C10H21NO. The fraction of sp³-hybridized carbons (Fsp3) is 0.900. The monoisotopic (exact) mass is 171 g/mol. The van der Waals surface area contributed by atoms with Crippen LogP contribution in [0.5, 0.6) is 0 Å². The Labute approximate surface area is 76.0 Å². The minimum absolute atomic E-state index is 0.0299. The third kappa shape index (κ3) is 9.47. The van der Waals surface area contributed by atoms with E-state index in [2.05, 4.69) is 25.8 Å². The SMILES string of the molecule is CC(C)(C)COC=NC(C)(C)C. The van der Waals surface area contributed by atoms with E-state index in [1.807, 2.05) is 20.8 Å². The van der Waals surface area contributed by atoms with Crippen molar-refractivity contribution in [2.75, 3.05) is 6.61 Å². The van der Waals surface area contributed by atoms with Crippen LogP contribution in [0.15, 0.2) is 4.99 Å². The maximum absolute atomic E-state index is 5.28. The summed E-state index contributed by atoms with van der Waals surface area (Å²) in [6, 6.07) is 0. The summed E-state index contributed by atoms with van der Waals surface area (Å²) in [5, 5.41) is 0. The number of ether oxygens (including phenoxy) is 1. The van der Waals surface area contributed by atoms with Crippen LogP contribution in [-0.2, 0) is 4.74 Å². The fourth-order valence-electron chi connectivity index (χ4n) is 0.483. The van der Waals surface area contributed by atoms with Gasteiger partial charge >= 0.3 is 0 Å². The molecule has 0 N–H and O–H groups in total. The van der Waals surface area contributed by atoms with Gasteiger partial charge < -0.3 is 4.74 Å². The molecule has 2 heteroatoms. The van der Waals surface area contributed by atoms with Crippen molar-refractivity contribution in [2.24, 2.45) is 10.4 Å². The van der Waals surface area contributed by atoms with Crippen molar-refractivity contribution in [3.8, 4) is 0 Å². The predicted octanol–water partition coefficient (Wildman–Crippen LogP) is 2.88. The van der Waals surface area contributed by atoms with Crippen LogP contribution in [0.1, 0.15) is 41.5 Å². The molecule has 0 amide bonds. The van der Waals surface area contributed by atoms with Crippen LogP contribution in [-0.4, -0.2) is 18.5 Å². The molecular weight excluding hydrogens is 150 g/mol. The average Bonchev–Trinajstić information content (AvgIpc) is 1.76. The third-order valence-electron chi connectivity index (χ3n) is 1.03. The molecule has 0 aromatic heterocycles. The maximum atomic E-state index is 5.28. The van der Waals surface area contributed by atoms with Gasteiger partial charge in [-0.05, 0) is 26.2 Å². The van der Waals surface area contributed by atoms with Gasteiger partial charge in [-0.25, -0.2) is 0 Å². The van der Waals surface area contributed by atoms with E-state index >= 15 is 0 Å². The van der Waals surface area contributed by atoms with Gasteiger partial charge in [0.05, 0.1) is 12.1 Å². The summed E-state index contributed by atoms with van der Waals surface area (Å²) in [7, 11) is 0. The van der Waals surface area contributed by atoms with E-state index in [1.165, 1.54) is 0 Å². The molecule has 0 fully saturated rings. The van der Waals surface area contributed by atoms with E-state index in [0.717, 1.165) is 0 Å². The Morgan fingerprint density at radius 3 is 1.92 bits per heavy atom. The van der Waals surface area contributed by atoms with Crippen molar-refractivity contribution in [3.63, 3.8) is 0 Å². The minimum Gasteiger partial charge on any atom is -0.483 e. The summed E-state index contributed by atoms with van der Waals surface area (Å²) in [6.07, 6.45) is 1.56. The Morgan fingerprint density at radius 2 is 1.58 bits per heavy atom. The largest absolute Gasteiger partial charge is 0.483 e. The average molecular weight is 171 g/mol. The smallest absolute Gasteiger partial charge is 0.169 e. The van der Waals surface area contributed by atoms with Gasteiger partial charge in [-0.3, -0.25) is 4.99 Å². The molecule has 0 aromatic rings. The summed E-state index contributed by atoms with van der Waals surface area (Å²) in [4.78, 5) is 4.21. The molecule has 0 rings (SSSR count). The number of hydrogen-bond donors (Lipinski definition) is 0. The van der Waals surface area contributed by atoms with Gasteiger partial charge in [-0.2, -0.15) is 0 Å². The first-order valence-corrected chi connectivity index (χ1v) is 4.36. The van der Waals surface area contributed by atoms with Crippen molar-refractivity contribution in [2.45, 2.75) is 47.1 Å². The van der Waals surface area contributed by atoms with Crippen LogP contribution in [0.3, 0.4) is 0 Å². The van der Waals surface area contributed by atoms with Gasteiger partial charge in [0.25, 0.3) is 0 Å². The standard InChI is InChI=1S/C10H21NO/c1-9(2,3)7-12-8-11-10(4,5)6/h8H,7H2,1-6H3. The van der Waals surface area contributed by atoms with Crippen LogP contribution >= 0.6 is 0 Å². The van der Waals surface area contributed by atoms with Crippen LogP contribution in [0.25, 0.3) is 0 Å². The molecule has 0 atom stereocenters. The van der Waals surface area contributed by atoms with Gasteiger partial charge in [0.2, 0.25) is 0 Å². The van der Waals surface area contributed by atoms with Crippen molar-refractivity contribution in [3.05, 3.63) is 0 Å². The van der Waals surface area contributed by atoms with Crippen LogP contribution in [0, 0.1) is 5.41 Å². The van der Waals surface area contributed by atoms with E-state index in [1.54, 1.807) is 6.40 Å². The lowest BCUT2D eigenvalue weighted by atomic mass is 9.99. The van der Waals surface area contributed by atoms with Gasteiger partial charge in [0.1, 0.15) is 0 Å². The van der Waals surface area contributed by atoms with E-state index in [-0.39, 0.29) is 11.0 Å². The summed E-state index contributed by atoms with van der Waals surface area (Å²) in [6.45, 7) is 13.3. The molecule has 12 heavy (non-hydrogen) atoms. The lowest BCUT2D eigenvalue weighted by molar-refractivity contribution is 0.194. The molecule has 2 nitrogen and oxygen atoms in total. The second kappa shape index (κ2) is 3.92. The highest BCUT2D eigenvalue weighted by Crippen LogP contribution is 2.12. The number of rotatable bonds is 2. The Kier molecular flexibility index (Phi) is 3.75. The highest BCUT2D eigenvalue weighted by Gasteiger charge is 2.10. The third-order valence-corrected chi connectivity index (χ3v) is 1.03. The number of hydrogen-bond acceptors (Lipinski definition) is 2. The van der Waals surface area contributed by atoms with E-state index < -0.39 is 0 Å². The summed E-state index contributed by atoms with van der Waals surface area (Å²) >= 11 is 0. The number of nitrogens with zero attached hydrogens (tertiary/aromatic N) is 1. The quantitative estimate of drug-likeness (QED) is 0.462. The molecule has 0 saturated heterocycles. The Hall–Kier alpha value is -0.530. The molecule has 72 valence electrons. The van der Waals surface area contributed by atoms with Gasteiger partial charge in [-0.1, -0.05) is 20.8 Å². The van der Waals surface area contributed by atoms with Crippen molar-refractivity contribution >= 4 is 6.40 Å². The molecule has 0 aliphatic rings. The first kappa shape index (κ1) is 11.5. The van der Waals surface area contributed by atoms with Gasteiger partial charge in [0, 0.05) is 0 Å². The topological polar surface area (TPSA) is 21.6 Å². The van der Waals surface area contributed by atoms with Crippen LogP contribution in [0.4, 0.5) is 0 Å². The van der Waals surface area contributed by atoms with E-state index in [4.69, 9.17) is 4.74 Å². The molecule has 0 heterocycles. The summed E-state index contributed by atoms with van der Waals surface area (Å²) in [5.41, 5.74) is 0.182. The fourth-order valence-corrected chi connectivity index (χ4v) is 0.483. The highest BCUT2D eigenvalue weighted by atomic mass is 16.5. The lowest BCUT2D eigenvalue weighted by Crippen LogP contribution is -2.15. The van der Waals surface area contributed by atoms with Crippen molar-refractivity contribution < 1.29 is 4.74 Å². The minimum atomic E-state index is -0.0299. The highest BCUT2D eigenvalue weighted by molar-refractivity contribution is 5.47. The molecule has 0 spiro atoms. The Balaban J connectivity index is 3.64. The predicted molar refractivity (Wildman–Crippen MR) is 53.7 cm³/mol. The van der Waals surface area contributed by atoms with E-state index in [0.29, 0.717) is 6.61 Å². The zero-order valence-corrected chi connectivity index (χ0v) is 9.14. The Bertz CT molecular complexity index is 148. The van der Waals surface area contributed by atoms with Crippen LogP contribution in [0.2, 0.25) is 0 Å². The molecule has 0 radical (unpaired) electrons. The molecule has 0 aromatic carbocycles. The maximum Gasteiger partial charge on any atom is 0.169 e. The van der Waals surface area contributed by atoms with Gasteiger partial charge in [0.15, 0.2) is 6.40 Å². The molecule has 0 aliphatic carbocycles. The van der Waals surface area contributed by atoms with Gasteiger partial charge in [-0.15, -0.1) is 0 Å². The summed E-state index contributed by atoms with van der Waals surface area (Å²) in [5.74, 6) is 0. The van der Waals surface area contributed by atoms with Crippen LogP contribution < -0.4 is 0 Å². The lowest BCUT2D eigenvalue weighted by Gasteiger charge is -2.17. The Morgan fingerprint density at radius 1 is 1.08 bits per heavy atom. The summed E-state index contributed by atoms with van der Waals surface area (Å²) < 4.78 is 5.28. The van der Waals surface area contributed by atoms with Crippen molar-refractivity contribution in [1.82, 2.24) is 0 Å². The molecule has 0 unspecified atom stereocenters.